The first kappa shape index (κ1) is 13.3. The van der Waals surface area contributed by atoms with Crippen molar-refractivity contribution in [3.05, 3.63) is 0 Å². The van der Waals surface area contributed by atoms with Gasteiger partial charge in [0.1, 0.15) is 6.04 Å². The average molecular weight is 254 g/mol. The van der Waals surface area contributed by atoms with Gasteiger partial charge in [-0.25, -0.2) is 4.79 Å². The minimum absolute atomic E-state index is 0.154. The third kappa shape index (κ3) is 2.83. The van der Waals surface area contributed by atoms with E-state index in [1.807, 2.05) is 0 Å². The van der Waals surface area contributed by atoms with E-state index in [1.54, 1.807) is 6.92 Å². The summed E-state index contributed by atoms with van der Waals surface area (Å²) in [6, 6.07) is -0.507. The summed E-state index contributed by atoms with van der Waals surface area (Å²) < 4.78 is 0. The van der Waals surface area contributed by atoms with Crippen LogP contribution in [-0.2, 0) is 9.59 Å². The second-order valence-corrected chi connectivity index (χ2v) is 5.41. The number of carbonyl (C=O) groups is 2. The van der Waals surface area contributed by atoms with Gasteiger partial charge in [0.15, 0.2) is 0 Å². The molecule has 0 radical (unpaired) electrons. The van der Waals surface area contributed by atoms with Gasteiger partial charge in [-0.1, -0.05) is 19.8 Å². The molecule has 1 amide bonds. The first-order valence-electron chi connectivity index (χ1n) is 6.91. The van der Waals surface area contributed by atoms with Crippen LogP contribution in [0, 0.1) is 5.92 Å². The molecule has 2 rings (SSSR count). The van der Waals surface area contributed by atoms with E-state index >= 15 is 0 Å². The number of carboxylic acid groups (broad SMARTS) is 1. The van der Waals surface area contributed by atoms with E-state index in [0.717, 1.165) is 12.8 Å². The molecule has 0 spiro atoms. The summed E-state index contributed by atoms with van der Waals surface area (Å²) >= 11 is 0. The van der Waals surface area contributed by atoms with E-state index < -0.39 is 12.0 Å². The second-order valence-electron chi connectivity index (χ2n) is 5.41. The number of rotatable bonds is 4. The topological polar surface area (TPSA) is 78.4 Å². The van der Waals surface area contributed by atoms with Crippen LogP contribution in [0.2, 0.25) is 0 Å². The van der Waals surface area contributed by atoms with Crippen molar-refractivity contribution in [2.24, 2.45) is 5.92 Å². The Morgan fingerprint density at radius 1 is 1.39 bits per heavy atom. The standard InChI is InChI=1S/C13H22N2O3/c1-2-9(13(17)18)15-12(16)11-7-8-5-3-4-6-10(8)14-11/h8-11,14H,2-7H2,1H3,(H,15,16)(H,17,18)/t8?,9-,10?,11?/m1/s1. The molecular formula is C13H22N2O3. The lowest BCUT2D eigenvalue weighted by Crippen LogP contribution is -2.49. The lowest BCUT2D eigenvalue weighted by atomic mass is 9.85. The quantitative estimate of drug-likeness (QED) is 0.696. The average Bonchev–Trinajstić information content (AvgIpc) is 2.79. The molecule has 102 valence electrons. The molecule has 5 nitrogen and oxygen atoms in total. The molecule has 0 aromatic rings. The van der Waals surface area contributed by atoms with Gasteiger partial charge in [-0.3, -0.25) is 4.79 Å². The predicted octanol–water partition coefficient (Wildman–Crippen LogP) is 0.886. The van der Waals surface area contributed by atoms with Crippen LogP contribution >= 0.6 is 0 Å². The monoisotopic (exact) mass is 254 g/mol. The van der Waals surface area contributed by atoms with E-state index in [-0.39, 0.29) is 11.9 Å². The SMILES string of the molecule is CC[C@@H](NC(=O)C1CC2CCCCC2N1)C(=O)O. The van der Waals surface area contributed by atoms with Crippen molar-refractivity contribution in [1.29, 1.82) is 0 Å². The summed E-state index contributed by atoms with van der Waals surface area (Å²) in [5, 5.41) is 14.9. The van der Waals surface area contributed by atoms with E-state index in [0.29, 0.717) is 18.4 Å². The number of fused-ring (bicyclic) bond motifs is 1. The summed E-state index contributed by atoms with van der Waals surface area (Å²) in [5.41, 5.74) is 0. The molecule has 0 aromatic heterocycles. The van der Waals surface area contributed by atoms with Crippen molar-refractivity contribution in [2.75, 3.05) is 0 Å². The Balaban J connectivity index is 1.88. The van der Waals surface area contributed by atoms with E-state index in [4.69, 9.17) is 5.11 Å². The molecule has 1 aliphatic heterocycles. The number of amides is 1. The van der Waals surface area contributed by atoms with Crippen LogP contribution in [0.4, 0.5) is 0 Å². The van der Waals surface area contributed by atoms with Gasteiger partial charge in [0, 0.05) is 6.04 Å². The maximum absolute atomic E-state index is 12.0. The molecule has 1 saturated heterocycles. The number of hydrogen-bond donors (Lipinski definition) is 3. The number of hydrogen-bond acceptors (Lipinski definition) is 3. The maximum Gasteiger partial charge on any atom is 0.326 e. The van der Waals surface area contributed by atoms with Gasteiger partial charge in [0.05, 0.1) is 6.04 Å². The normalized spacial score (nSPS) is 32.6. The highest BCUT2D eigenvalue weighted by atomic mass is 16.4. The molecule has 2 aliphatic rings. The number of carboxylic acids is 1. The molecule has 5 heteroatoms. The highest BCUT2D eigenvalue weighted by Crippen LogP contribution is 2.33. The van der Waals surface area contributed by atoms with Crippen molar-refractivity contribution in [1.82, 2.24) is 10.6 Å². The molecule has 1 aliphatic carbocycles. The van der Waals surface area contributed by atoms with Gasteiger partial charge in [0.25, 0.3) is 0 Å². The zero-order valence-electron chi connectivity index (χ0n) is 10.8. The Labute approximate surface area is 107 Å². The molecule has 2 fully saturated rings. The zero-order valence-corrected chi connectivity index (χ0v) is 10.8. The first-order chi connectivity index (χ1) is 8.61. The highest BCUT2D eigenvalue weighted by Gasteiger charge is 2.38. The number of carbonyl (C=O) groups excluding carboxylic acids is 1. The Hall–Kier alpha value is -1.10. The van der Waals surface area contributed by atoms with Crippen LogP contribution in [0.15, 0.2) is 0 Å². The minimum atomic E-state index is -0.957. The van der Waals surface area contributed by atoms with Gasteiger partial charge < -0.3 is 15.7 Å². The fourth-order valence-corrected chi connectivity index (χ4v) is 3.13. The third-order valence-electron chi connectivity index (χ3n) is 4.20. The Kier molecular flexibility index (Phi) is 4.22. The van der Waals surface area contributed by atoms with Gasteiger partial charge in [-0.15, -0.1) is 0 Å². The van der Waals surface area contributed by atoms with Crippen molar-refractivity contribution in [3.63, 3.8) is 0 Å². The van der Waals surface area contributed by atoms with Gasteiger partial charge in [-0.05, 0) is 31.6 Å². The smallest absolute Gasteiger partial charge is 0.326 e. The summed E-state index contributed by atoms with van der Waals surface area (Å²) in [4.78, 5) is 22.9. The van der Waals surface area contributed by atoms with Gasteiger partial charge in [0.2, 0.25) is 5.91 Å². The minimum Gasteiger partial charge on any atom is -0.480 e. The van der Waals surface area contributed by atoms with Crippen LogP contribution in [0.25, 0.3) is 0 Å². The molecule has 18 heavy (non-hydrogen) atoms. The van der Waals surface area contributed by atoms with Gasteiger partial charge >= 0.3 is 5.97 Å². The summed E-state index contributed by atoms with van der Waals surface area (Å²) in [6.45, 7) is 1.76. The molecular weight excluding hydrogens is 232 g/mol. The maximum atomic E-state index is 12.0. The Bertz CT molecular complexity index is 318. The molecule has 3 unspecified atom stereocenters. The third-order valence-corrected chi connectivity index (χ3v) is 4.20. The van der Waals surface area contributed by atoms with E-state index in [2.05, 4.69) is 10.6 Å². The number of aliphatic carboxylic acids is 1. The van der Waals surface area contributed by atoms with Crippen molar-refractivity contribution in [3.8, 4) is 0 Å². The Morgan fingerprint density at radius 2 is 2.11 bits per heavy atom. The number of nitrogens with one attached hydrogen (secondary N) is 2. The van der Waals surface area contributed by atoms with Crippen LogP contribution in [-0.4, -0.2) is 35.1 Å². The fourth-order valence-electron chi connectivity index (χ4n) is 3.13. The van der Waals surface area contributed by atoms with Crippen LogP contribution in [0.3, 0.4) is 0 Å². The summed E-state index contributed by atoms with van der Waals surface area (Å²) in [7, 11) is 0. The van der Waals surface area contributed by atoms with Crippen LogP contribution < -0.4 is 10.6 Å². The van der Waals surface area contributed by atoms with Crippen molar-refractivity contribution in [2.45, 2.75) is 63.6 Å². The summed E-state index contributed by atoms with van der Waals surface area (Å²) in [5.74, 6) is -0.515. The highest BCUT2D eigenvalue weighted by molar-refractivity contribution is 5.87. The van der Waals surface area contributed by atoms with Crippen LogP contribution in [0.1, 0.15) is 45.4 Å². The van der Waals surface area contributed by atoms with E-state index in [9.17, 15) is 9.59 Å². The molecule has 4 atom stereocenters. The lowest BCUT2D eigenvalue weighted by molar-refractivity contribution is -0.142. The first-order valence-corrected chi connectivity index (χ1v) is 6.91. The fraction of sp³-hybridized carbons (Fsp3) is 0.846. The summed E-state index contributed by atoms with van der Waals surface area (Å²) in [6.07, 6.45) is 6.09. The zero-order chi connectivity index (χ0) is 13.1. The van der Waals surface area contributed by atoms with Crippen molar-refractivity contribution < 1.29 is 14.7 Å². The van der Waals surface area contributed by atoms with Crippen molar-refractivity contribution >= 4 is 11.9 Å². The second kappa shape index (κ2) is 5.69. The lowest BCUT2D eigenvalue weighted by Gasteiger charge is -2.24. The predicted molar refractivity (Wildman–Crippen MR) is 67.1 cm³/mol. The molecule has 0 bridgehead atoms. The van der Waals surface area contributed by atoms with Gasteiger partial charge in [-0.2, -0.15) is 0 Å². The van der Waals surface area contributed by atoms with Crippen LogP contribution in [0.5, 0.6) is 0 Å². The molecule has 3 N–H and O–H groups in total. The van der Waals surface area contributed by atoms with E-state index in [1.165, 1.54) is 19.3 Å². The Morgan fingerprint density at radius 3 is 2.72 bits per heavy atom. The largest absolute Gasteiger partial charge is 0.480 e. The molecule has 1 heterocycles. The molecule has 0 aromatic carbocycles. The molecule has 1 saturated carbocycles.